The fourth-order valence-electron chi connectivity index (χ4n) is 3.92. The van der Waals surface area contributed by atoms with Crippen molar-refractivity contribution in [1.82, 2.24) is 19.9 Å². The van der Waals surface area contributed by atoms with Crippen molar-refractivity contribution in [2.45, 2.75) is 20.3 Å². The zero-order valence-electron chi connectivity index (χ0n) is 17.8. The van der Waals surface area contributed by atoms with Gasteiger partial charge in [0.15, 0.2) is 5.65 Å². The standard InChI is InChI=1S/C23H27N5O3/c1-23(2,15-30)11-17-12-24-22-21(17)26-19(13-25-22)16-4-3-5-18(10-16)27-6-8-28(9-7-27)20(31)14-29/h3-5,10,12-13,15,29H,6-9,11,14H2,1-2H3,(H,24,25). The van der Waals surface area contributed by atoms with Crippen LogP contribution in [0.25, 0.3) is 22.4 Å². The van der Waals surface area contributed by atoms with Crippen LogP contribution in [0.15, 0.2) is 36.7 Å². The number of carbonyl (C=O) groups excluding carboxylic acids is 2. The lowest BCUT2D eigenvalue weighted by molar-refractivity contribution is -0.134. The molecule has 0 atom stereocenters. The Labute approximate surface area is 180 Å². The number of hydrogen-bond acceptors (Lipinski definition) is 6. The van der Waals surface area contributed by atoms with Crippen LogP contribution < -0.4 is 4.90 Å². The Bertz CT molecular complexity index is 1100. The smallest absolute Gasteiger partial charge is 0.248 e. The Hall–Kier alpha value is -3.26. The van der Waals surface area contributed by atoms with Gasteiger partial charge in [-0.05, 0) is 24.1 Å². The summed E-state index contributed by atoms with van der Waals surface area (Å²) in [5.41, 5.74) is 4.80. The molecule has 0 saturated carbocycles. The molecule has 1 fully saturated rings. The molecule has 162 valence electrons. The highest BCUT2D eigenvalue weighted by molar-refractivity contribution is 5.79. The van der Waals surface area contributed by atoms with Gasteiger partial charge in [0.25, 0.3) is 0 Å². The molecule has 1 aliphatic heterocycles. The van der Waals surface area contributed by atoms with E-state index in [9.17, 15) is 9.59 Å². The van der Waals surface area contributed by atoms with Gasteiger partial charge in [0, 0.05) is 49.0 Å². The van der Waals surface area contributed by atoms with Gasteiger partial charge in [-0.2, -0.15) is 0 Å². The average molecular weight is 422 g/mol. The number of aliphatic hydroxyl groups is 1. The molecule has 0 spiro atoms. The highest BCUT2D eigenvalue weighted by Crippen LogP contribution is 2.28. The second-order valence-corrected chi connectivity index (χ2v) is 8.63. The van der Waals surface area contributed by atoms with Crippen LogP contribution in [0, 0.1) is 5.41 Å². The first-order valence-electron chi connectivity index (χ1n) is 10.4. The number of hydrogen-bond donors (Lipinski definition) is 2. The molecule has 2 N–H and O–H groups in total. The van der Waals surface area contributed by atoms with Crippen molar-refractivity contribution in [3.8, 4) is 11.3 Å². The predicted octanol–water partition coefficient (Wildman–Crippen LogP) is 2.03. The average Bonchev–Trinajstić information content (AvgIpc) is 3.20. The number of amides is 1. The fourth-order valence-corrected chi connectivity index (χ4v) is 3.92. The molecular formula is C23H27N5O3. The number of aromatic nitrogens is 3. The molecule has 1 aliphatic rings. The third kappa shape index (κ3) is 4.44. The Morgan fingerprint density at radius 2 is 2.03 bits per heavy atom. The minimum absolute atomic E-state index is 0.225. The molecule has 0 aliphatic carbocycles. The summed E-state index contributed by atoms with van der Waals surface area (Å²) in [5, 5.41) is 9.05. The monoisotopic (exact) mass is 421 g/mol. The normalized spacial score (nSPS) is 14.8. The van der Waals surface area contributed by atoms with E-state index in [1.807, 2.05) is 38.2 Å². The molecule has 31 heavy (non-hydrogen) atoms. The number of carbonyl (C=O) groups is 2. The summed E-state index contributed by atoms with van der Waals surface area (Å²) in [6.45, 7) is 5.98. The van der Waals surface area contributed by atoms with Gasteiger partial charge in [-0.1, -0.05) is 26.0 Å². The molecule has 0 bridgehead atoms. The van der Waals surface area contributed by atoms with Gasteiger partial charge in [0.1, 0.15) is 18.4 Å². The maximum absolute atomic E-state index is 11.7. The number of aliphatic hydroxyl groups excluding tert-OH is 1. The van der Waals surface area contributed by atoms with E-state index in [1.165, 1.54) is 0 Å². The van der Waals surface area contributed by atoms with Crippen molar-refractivity contribution in [2.75, 3.05) is 37.7 Å². The molecule has 1 amide bonds. The van der Waals surface area contributed by atoms with Crippen LogP contribution in [0.2, 0.25) is 0 Å². The SMILES string of the molecule is CC(C)(C=O)Cc1c[nH]c2ncc(-c3cccc(N4CCN(C(=O)CO)CC4)c3)nc12. The number of benzene rings is 1. The van der Waals surface area contributed by atoms with Crippen molar-refractivity contribution >= 4 is 29.0 Å². The van der Waals surface area contributed by atoms with Crippen LogP contribution in [0.3, 0.4) is 0 Å². The lowest BCUT2D eigenvalue weighted by Gasteiger charge is -2.36. The quantitative estimate of drug-likeness (QED) is 0.591. The van der Waals surface area contributed by atoms with Crippen LogP contribution in [-0.4, -0.2) is 69.9 Å². The molecule has 4 rings (SSSR count). The number of H-pyrrole nitrogens is 1. The zero-order chi connectivity index (χ0) is 22.0. The maximum Gasteiger partial charge on any atom is 0.248 e. The first-order chi connectivity index (χ1) is 14.9. The largest absolute Gasteiger partial charge is 0.387 e. The number of nitrogens with zero attached hydrogens (tertiary/aromatic N) is 4. The molecule has 0 unspecified atom stereocenters. The van der Waals surface area contributed by atoms with Gasteiger partial charge in [0.2, 0.25) is 5.91 Å². The summed E-state index contributed by atoms with van der Waals surface area (Å²) in [7, 11) is 0. The van der Waals surface area contributed by atoms with Crippen LogP contribution in [-0.2, 0) is 16.0 Å². The number of rotatable bonds is 6. The molecule has 0 radical (unpaired) electrons. The summed E-state index contributed by atoms with van der Waals surface area (Å²) in [6.07, 6.45) is 5.19. The minimum atomic E-state index is -0.466. The number of nitrogens with one attached hydrogen (secondary N) is 1. The van der Waals surface area contributed by atoms with Crippen LogP contribution in [0.5, 0.6) is 0 Å². The summed E-state index contributed by atoms with van der Waals surface area (Å²) in [4.78, 5) is 39.5. The molecular weight excluding hydrogens is 394 g/mol. The molecule has 3 heterocycles. The van der Waals surface area contributed by atoms with Crippen molar-refractivity contribution in [1.29, 1.82) is 0 Å². The van der Waals surface area contributed by atoms with E-state index in [0.29, 0.717) is 38.2 Å². The lowest BCUT2D eigenvalue weighted by Crippen LogP contribution is -2.49. The van der Waals surface area contributed by atoms with Crippen molar-refractivity contribution in [3.63, 3.8) is 0 Å². The molecule has 3 aromatic rings. The fraction of sp³-hybridized carbons (Fsp3) is 0.391. The number of aldehydes is 1. The third-order valence-corrected chi connectivity index (χ3v) is 5.70. The van der Waals surface area contributed by atoms with E-state index in [0.717, 1.165) is 34.3 Å². The van der Waals surface area contributed by atoms with E-state index >= 15 is 0 Å². The maximum atomic E-state index is 11.7. The van der Waals surface area contributed by atoms with E-state index in [-0.39, 0.29) is 5.91 Å². The van der Waals surface area contributed by atoms with E-state index in [1.54, 1.807) is 11.1 Å². The first-order valence-corrected chi connectivity index (χ1v) is 10.4. The van der Waals surface area contributed by atoms with Crippen molar-refractivity contribution < 1.29 is 14.7 Å². The van der Waals surface area contributed by atoms with Crippen molar-refractivity contribution in [2.24, 2.45) is 5.41 Å². The summed E-state index contributed by atoms with van der Waals surface area (Å²) in [5.74, 6) is -0.225. The Balaban J connectivity index is 1.58. The van der Waals surface area contributed by atoms with Crippen molar-refractivity contribution in [3.05, 3.63) is 42.2 Å². The molecule has 1 aromatic carbocycles. The van der Waals surface area contributed by atoms with Gasteiger partial charge in [0.05, 0.1) is 11.9 Å². The molecule has 8 heteroatoms. The van der Waals surface area contributed by atoms with Crippen LogP contribution in [0.4, 0.5) is 5.69 Å². The van der Waals surface area contributed by atoms with Gasteiger partial charge in [-0.25, -0.2) is 9.97 Å². The number of fused-ring (bicyclic) bond motifs is 1. The van der Waals surface area contributed by atoms with Crippen LogP contribution >= 0.6 is 0 Å². The zero-order valence-corrected chi connectivity index (χ0v) is 17.8. The summed E-state index contributed by atoms with van der Waals surface area (Å²) < 4.78 is 0. The topological polar surface area (TPSA) is 102 Å². The lowest BCUT2D eigenvalue weighted by atomic mass is 9.88. The van der Waals surface area contributed by atoms with E-state index in [4.69, 9.17) is 10.1 Å². The molecule has 8 nitrogen and oxygen atoms in total. The number of piperazine rings is 1. The highest BCUT2D eigenvalue weighted by Gasteiger charge is 2.22. The Kier molecular flexibility index (Phi) is 5.73. The number of aromatic amines is 1. The molecule has 1 saturated heterocycles. The van der Waals surface area contributed by atoms with E-state index in [2.05, 4.69) is 20.9 Å². The second kappa shape index (κ2) is 8.47. The highest BCUT2D eigenvalue weighted by atomic mass is 16.3. The minimum Gasteiger partial charge on any atom is -0.387 e. The molecule has 2 aromatic heterocycles. The third-order valence-electron chi connectivity index (χ3n) is 5.70. The first kappa shape index (κ1) is 21.0. The number of anilines is 1. The van der Waals surface area contributed by atoms with Gasteiger partial charge < -0.3 is 24.7 Å². The van der Waals surface area contributed by atoms with E-state index < -0.39 is 12.0 Å². The van der Waals surface area contributed by atoms with Gasteiger partial charge in [-0.15, -0.1) is 0 Å². The van der Waals surface area contributed by atoms with Gasteiger partial charge in [-0.3, -0.25) is 4.79 Å². The Morgan fingerprint density at radius 1 is 1.26 bits per heavy atom. The van der Waals surface area contributed by atoms with Gasteiger partial charge >= 0.3 is 0 Å². The van der Waals surface area contributed by atoms with Crippen LogP contribution in [0.1, 0.15) is 19.4 Å². The second-order valence-electron chi connectivity index (χ2n) is 8.63. The predicted molar refractivity (Wildman–Crippen MR) is 119 cm³/mol. The Morgan fingerprint density at radius 3 is 2.74 bits per heavy atom. The summed E-state index contributed by atoms with van der Waals surface area (Å²) in [6, 6.07) is 8.14. The summed E-state index contributed by atoms with van der Waals surface area (Å²) >= 11 is 0.